The van der Waals surface area contributed by atoms with E-state index in [2.05, 4.69) is 5.32 Å². The van der Waals surface area contributed by atoms with Gasteiger partial charge in [-0.05, 0) is 23.1 Å². The summed E-state index contributed by atoms with van der Waals surface area (Å²) in [6.07, 6.45) is 2.45. The molecular weight excluding hydrogens is 260 g/mol. The smallest absolute Gasteiger partial charge is 0.238 e. The summed E-state index contributed by atoms with van der Waals surface area (Å²) in [6.45, 7) is 0. The van der Waals surface area contributed by atoms with Gasteiger partial charge in [0.25, 0.3) is 0 Å². The van der Waals surface area contributed by atoms with Gasteiger partial charge in [0.05, 0.1) is 4.90 Å². The van der Waals surface area contributed by atoms with E-state index in [1.54, 1.807) is 23.7 Å². The Kier molecular flexibility index (Phi) is 2.98. The van der Waals surface area contributed by atoms with Gasteiger partial charge in [-0.2, -0.15) is 0 Å². The van der Waals surface area contributed by atoms with Crippen LogP contribution in [-0.4, -0.2) is 14.7 Å². The van der Waals surface area contributed by atoms with Crippen molar-refractivity contribution in [3.05, 3.63) is 41.4 Å². The van der Waals surface area contributed by atoms with E-state index in [9.17, 15) is 13.2 Å². The second-order valence-electron chi connectivity index (χ2n) is 3.49. The molecule has 5 nitrogen and oxygen atoms in total. The van der Waals surface area contributed by atoms with Crippen LogP contribution in [-0.2, 0) is 19.7 Å². The highest BCUT2D eigenvalue weighted by molar-refractivity contribution is 8.03. The summed E-state index contributed by atoms with van der Waals surface area (Å²) >= 11 is 1.32. The van der Waals surface area contributed by atoms with Gasteiger partial charge in [0, 0.05) is 6.20 Å². The fourth-order valence-corrected chi connectivity index (χ4v) is 2.84. The summed E-state index contributed by atoms with van der Waals surface area (Å²) in [5, 5.41) is 9.69. The molecule has 1 heterocycles. The lowest BCUT2D eigenvalue weighted by Gasteiger charge is -2.22. The number of hydrogen-bond donors (Lipinski definition) is 2. The lowest BCUT2D eigenvalue weighted by molar-refractivity contribution is -0.110. The van der Waals surface area contributed by atoms with Gasteiger partial charge in [0.15, 0.2) is 11.2 Å². The second-order valence-corrected chi connectivity index (χ2v) is 6.20. The maximum atomic E-state index is 11.1. The lowest BCUT2D eigenvalue weighted by Crippen LogP contribution is -2.34. The zero-order valence-corrected chi connectivity index (χ0v) is 10.3. The molecule has 1 atom stereocenters. The standard InChI is InChI=1S/C10H10N2O3S2/c11-17(14,15)9-3-1-8(2-4-9)10(7-13)12-5-6-16-10/h1-7,12H,(H2,11,14,15). The summed E-state index contributed by atoms with van der Waals surface area (Å²) in [5.74, 6) is 0. The molecule has 0 aromatic heterocycles. The van der Waals surface area contributed by atoms with E-state index in [4.69, 9.17) is 5.14 Å². The van der Waals surface area contributed by atoms with Gasteiger partial charge in [-0.25, -0.2) is 13.6 Å². The second kappa shape index (κ2) is 4.17. The maximum Gasteiger partial charge on any atom is 0.238 e. The van der Waals surface area contributed by atoms with E-state index in [-0.39, 0.29) is 4.90 Å². The quantitative estimate of drug-likeness (QED) is 0.780. The topological polar surface area (TPSA) is 89.3 Å². The van der Waals surface area contributed by atoms with E-state index in [1.807, 2.05) is 0 Å². The minimum Gasteiger partial charge on any atom is -0.367 e. The van der Waals surface area contributed by atoms with Crippen molar-refractivity contribution in [2.75, 3.05) is 0 Å². The number of aldehydes is 1. The van der Waals surface area contributed by atoms with E-state index < -0.39 is 14.9 Å². The van der Waals surface area contributed by atoms with Gasteiger partial charge in [0.1, 0.15) is 0 Å². The van der Waals surface area contributed by atoms with Gasteiger partial charge in [-0.15, -0.1) is 0 Å². The van der Waals surface area contributed by atoms with Crippen molar-refractivity contribution in [3.63, 3.8) is 0 Å². The number of primary sulfonamides is 1. The van der Waals surface area contributed by atoms with E-state index in [1.165, 1.54) is 23.9 Å². The van der Waals surface area contributed by atoms with Crippen molar-refractivity contribution >= 4 is 28.1 Å². The molecule has 3 N–H and O–H groups in total. The first-order valence-corrected chi connectivity index (χ1v) is 7.11. The van der Waals surface area contributed by atoms with E-state index >= 15 is 0 Å². The average Bonchev–Trinajstić information content (AvgIpc) is 2.78. The third-order valence-electron chi connectivity index (χ3n) is 2.40. The molecular formula is C10H10N2O3S2. The molecule has 1 aliphatic heterocycles. The normalized spacial score (nSPS) is 23.4. The van der Waals surface area contributed by atoms with Gasteiger partial charge < -0.3 is 5.32 Å². The van der Waals surface area contributed by atoms with Crippen LogP contribution in [0, 0.1) is 0 Å². The molecule has 0 amide bonds. The molecule has 0 saturated heterocycles. The minimum absolute atomic E-state index is 0.0262. The zero-order chi connectivity index (χ0) is 12.5. The number of hydrogen-bond acceptors (Lipinski definition) is 5. The van der Waals surface area contributed by atoms with Gasteiger partial charge in [-0.3, -0.25) is 4.79 Å². The van der Waals surface area contributed by atoms with Gasteiger partial charge in [-0.1, -0.05) is 23.9 Å². The van der Waals surface area contributed by atoms with Crippen LogP contribution in [0.1, 0.15) is 5.56 Å². The molecule has 0 fully saturated rings. The maximum absolute atomic E-state index is 11.1. The largest absolute Gasteiger partial charge is 0.367 e. The Labute approximate surface area is 103 Å². The van der Waals surface area contributed by atoms with Crippen LogP contribution in [0.5, 0.6) is 0 Å². The molecule has 17 heavy (non-hydrogen) atoms. The van der Waals surface area contributed by atoms with Crippen LogP contribution in [0.4, 0.5) is 0 Å². The Morgan fingerprint density at radius 1 is 1.29 bits per heavy atom. The van der Waals surface area contributed by atoms with Crippen molar-refractivity contribution < 1.29 is 13.2 Å². The molecule has 0 bridgehead atoms. The summed E-state index contributed by atoms with van der Waals surface area (Å²) in [4.78, 5) is 10.3. The van der Waals surface area contributed by atoms with Crippen molar-refractivity contribution in [1.29, 1.82) is 0 Å². The highest BCUT2D eigenvalue weighted by atomic mass is 32.2. The van der Waals surface area contributed by atoms with Crippen LogP contribution >= 0.6 is 11.8 Å². The molecule has 2 rings (SSSR count). The average molecular weight is 270 g/mol. The van der Waals surface area contributed by atoms with E-state index in [0.717, 1.165) is 6.29 Å². The summed E-state index contributed by atoms with van der Waals surface area (Å²) < 4.78 is 22.2. The number of carbonyl (C=O) groups is 1. The van der Waals surface area contributed by atoms with Crippen molar-refractivity contribution in [1.82, 2.24) is 5.32 Å². The molecule has 7 heteroatoms. The Morgan fingerprint density at radius 2 is 1.94 bits per heavy atom. The minimum atomic E-state index is -3.70. The Bertz CT molecular complexity index is 556. The lowest BCUT2D eigenvalue weighted by atomic mass is 10.1. The first kappa shape index (κ1) is 12.2. The summed E-state index contributed by atoms with van der Waals surface area (Å²) in [7, 11) is -3.70. The molecule has 1 aromatic rings. The highest BCUT2D eigenvalue weighted by Gasteiger charge is 2.33. The van der Waals surface area contributed by atoms with Crippen LogP contribution in [0.2, 0.25) is 0 Å². The summed E-state index contributed by atoms with van der Waals surface area (Å²) in [5.41, 5.74) is 0.676. The van der Waals surface area contributed by atoms with E-state index in [0.29, 0.717) is 5.56 Å². The molecule has 0 saturated carbocycles. The molecule has 1 aromatic carbocycles. The Morgan fingerprint density at radius 3 is 2.35 bits per heavy atom. The Balaban J connectivity index is 2.39. The van der Waals surface area contributed by atoms with Crippen LogP contribution in [0.3, 0.4) is 0 Å². The third kappa shape index (κ3) is 2.21. The molecule has 0 spiro atoms. The third-order valence-corrected chi connectivity index (χ3v) is 4.42. The fraction of sp³-hybridized carbons (Fsp3) is 0.100. The number of nitrogens with two attached hydrogens (primary N) is 1. The fourth-order valence-electron chi connectivity index (χ4n) is 1.51. The van der Waals surface area contributed by atoms with Crippen LogP contribution in [0.25, 0.3) is 0 Å². The molecule has 0 radical (unpaired) electrons. The first-order chi connectivity index (χ1) is 7.98. The van der Waals surface area contributed by atoms with Crippen molar-refractivity contribution in [3.8, 4) is 0 Å². The Hall–Kier alpha value is -1.31. The molecule has 1 unspecified atom stereocenters. The number of rotatable bonds is 3. The van der Waals surface area contributed by atoms with Gasteiger partial charge >= 0.3 is 0 Å². The van der Waals surface area contributed by atoms with Crippen molar-refractivity contribution in [2.45, 2.75) is 9.77 Å². The molecule has 0 aliphatic carbocycles. The van der Waals surface area contributed by atoms with Crippen LogP contribution < -0.4 is 10.5 Å². The zero-order valence-electron chi connectivity index (χ0n) is 8.66. The van der Waals surface area contributed by atoms with Crippen LogP contribution in [0.15, 0.2) is 40.8 Å². The van der Waals surface area contributed by atoms with Crippen molar-refractivity contribution in [2.24, 2.45) is 5.14 Å². The number of carbonyl (C=O) groups excluding carboxylic acids is 1. The number of sulfonamides is 1. The SMILES string of the molecule is NS(=O)(=O)c1ccc(C2(C=O)NC=CS2)cc1. The predicted molar refractivity (Wildman–Crippen MR) is 65.4 cm³/mol. The van der Waals surface area contributed by atoms with Gasteiger partial charge in [0.2, 0.25) is 10.0 Å². The monoisotopic (exact) mass is 270 g/mol. The number of thioether (sulfide) groups is 1. The predicted octanol–water partition coefficient (Wildman–Crippen LogP) is 0.493. The number of benzene rings is 1. The first-order valence-electron chi connectivity index (χ1n) is 4.68. The number of nitrogens with one attached hydrogen (secondary N) is 1. The molecule has 1 aliphatic rings. The summed E-state index contributed by atoms with van der Waals surface area (Å²) in [6, 6.07) is 5.91. The molecule has 90 valence electrons. The highest BCUT2D eigenvalue weighted by Crippen LogP contribution is 2.36.